The Morgan fingerprint density at radius 2 is 1.95 bits per heavy atom. The largest absolute Gasteiger partial charge is 0.382 e. The van der Waals surface area contributed by atoms with Gasteiger partial charge >= 0.3 is 0 Å². The van der Waals surface area contributed by atoms with Crippen LogP contribution >= 0.6 is 0 Å². The number of aromatic nitrogens is 2. The molecule has 6 heteroatoms. The van der Waals surface area contributed by atoms with E-state index in [1.54, 1.807) is 0 Å². The monoisotopic (exact) mass is 257 g/mol. The Balaban J connectivity index is 1.74. The minimum atomic E-state index is -0.109. The van der Waals surface area contributed by atoms with E-state index >= 15 is 0 Å². The van der Waals surface area contributed by atoms with E-state index in [0.29, 0.717) is 18.2 Å². The SMILES string of the molecule is Nc1cnc(NCC(=O)NCc2ccccc2)cn1. The Morgan fingerprint density at radius 3 is 2.63 bits per heavy atom. The van der Waals surface area contributed by atoms with Gasteiger partial charge in [-0.3, -0.25) is 4.79 Å². The number of hydrogen-bond donors (Lipinski definition) is 3. The quantitative estimate of drug-likeness (QED) is 0.736. The van der Waals surface area contributed by atoms with Crippen LogP contribution < -0.4 is 16.4 Å². The second kappa shape index (κ2) is 6.34. The molecule has 0 atom stereocenters. The van der Waals surface area contributed by atoms with E-state index in [4.69, 9.17) is 5.73 Å². The van der Waals surface area contributed by atoms with E-state index in [-0.39, 0.29) is 12.5 Å². The lowest BCUT2D eigenvalue weighted by molar-refractivity contribution is -0.119. The number of amides is 1. The predicted octanol–water partition coefficient (Wildman–Crippen LogP) is 0.787. The fourth-order valence-corrected chi connectivity index (χ4v) is 1.46. The van der Waals surface area contributed by atoms with Crippen LogP contribution in [0.2, 0.25) is 0 Å². The van der Waals surface area contributed by atoms with Gasteiger partial charge in [0.1, 0.15) is 11.6 Å². The average Bonchev–Trinajstić information content (AvgIpc) is 2.45. The normalized spacial score (nSPS) is 9.89. The summed E-state index contributed by atoms with van der Waals surface area (Å²) in [6.07, 6.45) is 2.92. The van der Waals surface area contributed by atoms with E-state index in [1.165, 1.54) is 12.4 Å². The van der Waals surface area contributed by atoms with Gasteiger partial charge in [0.2, 0.25) is 5.91 Å². The fourth-order valence-electron chi connectivity index (χ4n) is 1.46. The summed E-state index contributed by atoms with van der Waals surface area (Å²) in [6.45, 7) is 0.653. The summed E-state index contributed by atoms with van der Waals surface area (Å²) >= 11 is 0. The number of nitrogens with one attached hydrogen (secondary N) is 2. The molecule has 0 bridgehead atoms. The number of anilines is 2. The van der Waals surface area contributed by atoms with E-state index in [1.807, 2.05) is 30.3 Å². The zero-order chi connectivity index (χ0) is 13.5. The van der Waals surface area contributed by atoms with Crippen LogP contribution in [0.4, 0.5) is 11.6 Å². The Hall–Kier alpha value is -2.63. The van der Waals surface area contributed by atoms with Crippen molar-refractivity contribution in [3.63, 3.8) is 0 Å². The van der Waals surface area contributed by atoms with Crippen molar-refractivity contribution >= 4 is 17.5 Å². The number of hydrogen-bond acceptors (Lipinski definition) is 5. The van der Waals surface area contributed by atoms with Crippen molar-refractivity contribution in [3.05, 3.63) is 48.3 Å². The first-order chi connectivity index (χ1) is 9.24. The third-order valence-corrected chi connectivity index (χ3v) is 2.43. The standard InChI is InChI=1S/C13H15N5O/c14-11-7-16-12(8-15-11)17-9-13(19)18-6-10-4-2-1-3-5-10/h1-5,7-8H,6,9H2,(H2,14,15)(H,16,17)(H,18,19). The second-order valence-electron chi connectivity index (χ2n) is 3.94. The lowest BCUT2D eigenvalue weighted by atomic mass is 10.2. The van der Waals surface area contributed by atoms with Gasteiger partial charge in [0.05, 0.1) is 18.9 Å². The van der Waals surface area contributed by atoms with Gasteiger partial charge in [-0.15, -0.1) is 0 Å². The maximum Gasteiger partial charge on any atom is 0.239 e. The third-order valence-electron chi connectivity index (χ3n) is 2.43. The summed E-state index contributed by atoms with van der Waals surface area (Å²) in [7, 11) is 0. The van der Waals surface area contributed by atoms with Crippen molar-refractivity contribution in [2.75, 3.05) is 17.6 Å². The molecule has 0 fully saturated rings. The molecule has 0 radical (unpaired) electrons. The smallest absolute Gasteiger partial charge is 0.239 e. The molecule has 2 rings (SSSR count). The van der Waals surface area contributed by atoms with Crippen molar-refractivity contribution in [1.82, 2.24) is 15.3 Å². The first kappa shape index (κ1) is 12.8. The molecule has 1 heterocycles. The van der Waals surface area contributed by atoms with E-state index < -0.39 is 0 Å². The summed E-state index contributed by atoms with van der Waals surface area (Å²) in [6, 6.07) is 9.72. The van der Waals surface area contributed by atoms with Gasteiger partial charge in [-0.2, -0.15) is 0 Å². The lowest BCUT2D eigenvalue weighted by Crippen LogP contribution is -2.29. The minimum Gasteiger partial charge on any atom is -0.382 e. The molecule has 98 valence electrons. The van der Waals surface area contributed by atoms with Gasteiger partial charge in [-0.25, -0.2) is 9.97 Å². The van der Waals surface area contributed by atoms with E-state index in [9.17, 15) is 4.79 Å². The highest BCUT2D eigenvalue weighted by Crippen LogP contribution is 2.01. The van der Waals surface area contributed by atoms with E-state index in [2.05, 4.69) is 20.6 Å². The Kier molecular flexibility index (Phi) is 4.28. The van der Waals surface area contributed by atoms with Crippen molar-refractivity contribution in [2.24, 2.45) is 0 Å². The summed E-state index contributed by atoms with van der Waals surface area (Å²) in [4.78, 5) is 19.5. The molecule has 0 saturated heterocycles. The number of carbonyl (C=O) groups is 1. The molecular formula is C13H15N5O. The van der Waals surface area contributed by atoms with Crippen LogP contribution in [0.25, 0.3) is 0 Å². The first-order valence-corrected chi connectivity index (χ1v) is 5.86. The van der Waals surface area contributed by atoms with Crippen molar-refractivity contribution in [2.45, 2.75) is 6.54 Å². The Bertz CT molecular complexity index is 526. The molecule has 1 aromatic carbocycles. The van der Waals surface area contributed by atoms with Gasteiger partial charge in [0, 0.05) is 6.54 Å². The highest BCUT2D eigenvalue weighted by Gasteiger charge is 2.01. The highest BCUT2D eigenvalue weighted by molar-refractivity contribution is 5.80. The van der Waals surface area contributed by atoms with Crippen molar-refractivity contribution < 1.29 is 4.79 Å². The van der Waals surface area contributed by atoms with E-state index in [0.717, 1.165) is 5.56 Å². The number of nitrogen functional groups attached to an aromatic ring is 1. The average molecular weight is 257 g/mol. The number of nitrogens with two attached hydrogens (primary N) is 1. The number of nitrogens with zero attached hydrogens (tertiary/aromatic N) is 2. The van der Waals surface area contributed by atoms with Crippen LogP contribution in [-0.4, -0.2) is 22.4 Å². The van der Waals surface area contributed by atoms with Crippen molar-refractivity contribution in [3.8, 4) is 0 Å². The van der Waals surface area contributed by atoms with Gasteiger partial charge in [0.25, 0.3) is 0 Å². The first-order valence-electron chi connectivity index (χ1n) is 5.86. The van der Waals surface area contributed by atoms with Gasteiger partial charge in [0.15, 0.2) is 0 Å². The molecule has 4 N–H and O–H groups in total. The van der Waals surface area contributed by atoms with Gasteiger partial charge < -0.3 is 16.4 Å². The Labute approximate surface area is 111 Å². The van der Waals surface area contributed by atoms with Gasteiger partial charge in [-0.1, -0.05) is 30.3 Å². The molecule has 0 spiro atoms. The molecule has 2 aromatic rings. The summed E-state index contributed by atoms with van der Waals surface area (Å²) in [5, 5.41) is 5.67. The lowest BCUT2D eigenvalue weighted by Gasteiger charge is -2.07. The Morgan fingerprint density at radius 1 is 1.16 bits per heavy atom. The molecule has 6 nitrogen and oxygen atoms in total. The van der Waals surface area contributed by atoms with Crippen LogP contribution in [0.1, 0.15) is 5.56 Å². The third kappa shape index (κ3) is 4.27. The predicted molar refractivity (Wildman–Crippen MR) is 73.2 cm³/mol. The maximum absolute atomic E-state index is 11.6. The van der Waals surface area contributed by atoms with Crippen LogP contribution in [0.5, 0.6) is 0 Å². The molecule has 0 aliphatic rings. The van der Waals surface area contributed by atoms with Crippen LogP contribution in [0.3, 0.4) is 0 Å². The van der Waals surface area contributed by atoms with Gasteiger partial charge in [-0.05, 0) is 5.56 Å². The number of rotatable bonds is 5. The zero-order valence-electron chi connectivity index (χ0n) is 10.3. The van der Waals surface area contributed by atoms with Crippen LogP contribution in [0, 0.1) is 0 Å². The minimum absolute atomic E-state index is 0.109. The fraction of sp³-hybridized carbons (Fsp3) is 0.154. The number of carbonyl (C=O) groups excluding carboxylic acids is 1. The molecule has 0 saturated carbocycles. The maximum atomic E-state index is 11.6. The summed E-state index contributed by atoms with van der Waals surface area (Å²) in [5.41, 5.74) is 6.47. The second-order valence-corrected chi connectivity index (χ2v) is 3.94. The highest BCUT2D eigenvalue weighted by atomic mass is 16.1. The summed E-state index contributed by atoms with van der Waals surface area (Å²) in [5.74, 6) is 0.755. The molecule has 19 heavy (non-hydrogen) atoms. The summed E-state index contributed by atoms with van der Waals surface area (Å²) < 4.78 is 0. The van der Waals surface area contributed by atoms with Crippen molar-refractivity contribution in [1.29, 1.82) is 0 Å². The number of benzene rings is 1. The topological polar surface area (TPSA) is 92.9 Å². The molecule has 0 aliphatic carbocycles. The van der Waals surface area contributed by atoms with Crippen LogP contribution in [-0.2, 0) is 11.3 Å². The molecule has 1 aromatic heterocycles. The molecule has 0 unspecified atom stereocenters. The zero-order valence-corrected chi connectivity index (χ0v) is 10.3. The molecule has 1 amide bonds. The van der Waals surface area contributed by atoms with Crippen LogP contribution in [0.15, 0.2) is 42.7 Å². The molecule has 0 aliphatic heterocycles. The molecular weight excluding hydrogens is 242 g/mol.